The Labute approximate surface area is 125 Å². The van der Waals surface area contributed by atoms with E-state index in [1.807, 2.05) is 24.3 Å². The second-order valence-electron chi connectivity index (χ2n) is 4.28. The molecule has 0 unspecified atom stereocenters. The van der Waals surface area contributed by atoms with Crippen LogP contribution in [0.5, 0.6) is 0 Å². The topological polar surface area (TPSA) is 86.8 Å². The summed E-state index contributed by atoms with van der Waals surface area (Å²) in [6, 6.07) is 9.56. The van der Waals surface area contributed by atoms with Crippen molar-refractivity contribution in [3.05, 3.63) is 42.5 Å². The standard InChI is InChI=1S/C14H13N5OS/c1-20-7-12-18-11(15)6-13(19-12)21-14-9-4-2-3-5-10(9)16-8-17-14/h2-6,8H,7H2,1H3,(H2,15,18,19). The minimum Gasteiger partial charge on any atom is -0.384 e. The number of nitrogens with two attached hydrogens (primary N) is 1. The molecule has 0 saturated carbocycles. The highest BCUT2D eigenvalue weighted by atomic mass is 32.2. The molecule has 3 aromatic rings. The number of fused-ring (bicyclic) bond motifs is 1. The highest BCUT2D eigenvalue weighted by Gasteiger charge is 2.09. The molecular weight excluding hydrogens is 286 g/mol. The van der Waals surface area contributed by atoms with E-state index in [2.05, 4.69) is 19.9 Å². The Morgan fingerprint density at radius 2 is 2.05 bits per heavy atom. The molecule has 0 atom stereocenters. The lowest BCUT2D eigenvalue weighted by atomic mass is 10.2. The number of methoxy groups -OCH3 is 1. The monoisotopic (exact) mass is 299 g/mol. The quantitative estimate of drug-likeness (QED) is 0.739. The fourth-order valence-electron chi connectivity index (χ4n) is 1.90. The molecule has 0 bridgehead atoms. The second kappa shape index (κ2) is 6.02. The van der Waals surface area contributed by atoms with Gasteiger partial charge in [-0.25, -0.2) is 19.9 Å². The molecule has 0 aliphatic heterocycles. The van der Waals surface area contributed by atoms with E-state index in [-0.39, 0.29) is 0 Å². The number of benzene rings is 1. The smallest absolute Gasteiger partial charge is 0.157 e. The minimum atomic E-state index is 0.323. The van der Waals surface area contributed by atoms with Crippen molar-refractivity contribution in [1.82, 2.24) is 19.9 Å². The molecule has 1 aromatic carbocycles. The van der Waals surface area contributed by atoms with Gasteiger partial charge in [0.15, 0.2) is 5.82 Å². The largest absolute Gasteiger partial charge is 0.384 e. The summed E-state index contributed by atoms with van der Waals surface area (Å²) >= 11 is 1.43. The third-order valence-corrected chi connectivity index (χ3v) is 3.69. The first-order chi connectivity index (χ1) is 10.3. The summed E-state index contributed by atoms with van der Waals surface area (Å²) < 4.78 is 5.04. The third kappa shape index (κ3) is 3.09. The van der Waals surface area contributed by atoms with Gasteiger partial charge in [-0.1, -0.05) is 18.2 Å². The fourth-order valence-corrected chi connectivity index (χ4v) is 2.81. The van der Waals surface area contributed by atoms with Gasteiger partial charge in [0, 0.05) is 18.6 Å². The van der Waals surface area contributed by atoms with Crippen molar-refractivity contribution in [2.24, 2.45) is 0 Å². The SMILES string of the molecule is COCc1nc(N)cc(Sc2ncnc3ccccc23)n1. The molecule has 0 fully saturated rings. The first kappa shape index (κ1) is 13.7. The molecule has 2 heterocycles. The predicted molar refractivity (Wildman–Crippen MR) is 80.8 cm³/mol. The lowest BCUT2D eigenvalue weighted by Gasteiger charge is -2.06. The normalized spacial score (nSPS) is 10.9. The van der Waals surface area contributed by atoms with E-state index in [9.17, 15) is 0 Å². The van der Waals surface area contributed by atoms with Gasteiger partial charge >= 0.3 is 0 Å². The van der Waals surface area contributed by atoms with E-state index in [0.29, 0.717) is 18.2 Å². The Balaban J connectivity index is 1.98. The van der Waals surface area contributed by atoms with Gasteiger partial charge in [-0.3, -0.25) is 0 Å². The maximum atomic E-state index is 5.80. The van der Waals surface area contributed by atoms with Crippen LogP contribution in [0.3, 0.4) is 0 Å². The Bertz CT molecular complexity index is 775. The van der Waals surface area contributed by atoms with Crippen LogP contribution in [0, 0.1) is 0 Å². The number of nitrogen functional groups attached to an aromatic ring is 1. The van der Waals surface area contributed by atoms with Crippen LogP contribution in [0.25, 0.3) is 10.9 Å². The summed E-state index contributed by atoms with van der Waals surface area (Å²) in [6.45, 7) is 0.323. The molecule has 0 radical (unpaired) electrons. The van der Waals surface area contributed by atoms with E-state index >= 15 is 0 Å². The Kier molecular flexibility index (Phi) is 3.94. The van der Waals surface area contributed by atoms with Crippen LogP contribution in [-0.4, -0.2) is 27.0 Å². The lowest BCUT2D eigenvalue weighted by Crippen LogP contribution is -2.02. The summed E-state index contributed by atoms with van der Waals surface area (Å²) in [7, 11) is 1.59. The molecule has 2 aromatic heterocycles. The number of hydrogen-bond acceptors (Lipinski definition) is 7. The Morgan fingerprint density at radius 3 is 2.90 bits per heavy atom. The molecule has 0 aliphatic carbocycles. The van der Waals surface area contributed by atoms with Crippen molar-refractivity contribution < 1.29 is 4.74 Å². The molecule has 7 heteroatoms. The molecule has 3 rings (SSSR count). The van der Waals surface area contributed by atoms with Crippen LogP contribution in [-0.2, 0) is 11.3 Å². The molecule has 106 valence electrons. The summed E-state index contributed by atoms with van der Waals surface area (Å²) in [5.74, 6) is 0.969. The number of hydrogen-bond donors (Lipinski definition) is 1. The highest BCUT2D eigenvalue weighted by molar-refractivity contribution is 7.99. The van der Waals surface area contributed by atoms with Crippen LogP contribution in [0.2, 0.25) is 0 Å². The van der Waals surface area contributed by atoms with Gasteiger partial charge in [-0.05, 0) is 17.8 Å². The number of aromatic nitrogens is 4. The number of nitrogens with zero attached hydrogens (tertiary/aromatic N) is 4. The molecule has 0 amide bonds. The summed E-state index contributed by atoms with van der Waals surface area (Å²) in [5.41, 5.74) is 6.70. The van der Waals surface area contributed by atoms with Gasteiger partial charge in [0.2, 0.25) is 0 Å². The average molecular weight is 299 g/mol. The van der Waals surface area contributed by atoms with Gasteiger partial charge in [-0.2, -0.15) is 0 Å². The van der Waals surface area contributed by atoms with Crippen LogP contribution >= 0.6 is 11.8 Å². The number of ether oxygens (including phenoxy) is 1. The van der Waals surface area contributed by atoms with Gasteiger partial charge in [0.05, 0.1) is 5.52 Å². The van der Waals surface area contributed by atoms with Crippen molar-refractivity contribution in [2.75, 3.05) is 12.8 Å². The maximum Gasteiger partial charge on any atom is 0.157 e. The first-order valence-corrected chi connectivity index (χ1v) is 7.08. The zero-order valence-electron chi connectivity index (χ0n) is 11.4. The predicted octanol–water partition coefficient (Wildman–Crippen LogP) is 2.30. The van der Waals surface area contributed by atoms with Crippen LogP contribution in [0.1, 0.15) is 5.82 Å². The van der Waals surface area contributed by atoms with Crippen molar-refractivity contribution >= 4 is 28.5 Å². The molecule has 0 saturated heterocycles. The van der Waals surface area contributed by atoms with Crippen LogP contribution in [0.4, 0.5) is 5.82 Å². The fraction of sp³-hybridized carbons (Fsp3) is 0.143. The lowest BCUT2D eigenvalue weighted by molar-refractivity contribution is 0.177. The molecule has 21 heavy (non-hydrogen) atoms. The van der Waals surface area contributed by atoms with E-state index in [1.165, 1.54) is 11.8 Å². The minimum absolute atomic E-state index is 0.323. The van der Waals surface area contributed by atoms with E-state index in [0.717, 1.165) is 21.0 Å². The maximum absolute atomic E-state index is 5.80. The zero-order chi connectivity index (χ0) is 14.7. The summed E-state index contributed by atoms with van der Waals surface area (Å²) in [6.07, 6.45) is 1.55. The van der Waals surface area contributed by atoms with Crippen molar-refractivity contribution in [3.63, 3.8) is 0 Å². The van der Waals surface area contributed by atoms with E-state index < -0.39 is 0 Å². The van der Waals surface area contributed by atoms with Gasteiger partial charge < -0.3 is 10.5 Å². The average Bonchev–Trinajstić information content (AvgIpc) is 2.47. The summed E-state index contributed by atoms with van der Waals surface area (Å²) in [4.78, 5) is 17.1. The molecular formula is C14H13N5OS. The number of para-hydroxylation sites is 1. The van der Waals surface area contributed by atoms with Crippen LogP contribution < -0.4 is 5.73 Å². The highest BCUT2D eigenvalue weighted by Crippen LogP contribution is 2.30. The Hall–Kier alpha value is -2.25. The van der Waals surface area contributed by atoms with Crippen molar-refractivity contribution in [2.45, 2.75) is 16.7 Å². The molecule has 6 nitrogen and oxygen atoms in total. The molecule has 0 aliphatic rings. The third-order valence-electron chi connectivity index (χ3n) is 2.75. The van der Waals surface area contributed by atoms with Crippen molar-refractivity contribution in [1.29, 1.82) is 0 Å². The zero-order valence-corrected chi connectivity index (χ0v) is 12.2. The molecule has 2 N–H and O–H groups in total. The second-order valence-corrected chi connectivity index (χ2v) is 5.29. The Morgan fingerprint density at radius 1 is 1.19 bits per heavy atom. The van der Waals surface area contributed by atoms with E-state index in [1.54, 1.807) is 19.5 Å². The van der Waals surface area contributed by atoms with Gasteiger partial charge in [0.25, 0.3) is 0 Å². The van der Waals surface area contributed by atoms with E-state index in [4.69, 9.17) is 10.5 Å². The van der Waals surface area contributed by atoms with Gasteiger partial charge in [-0.15, -0.1) is 0 Å². The van der Waals surface area contributed by atoms with Crippen LogP contribution in [0.15, 0.2) is 46.7 Å². The first-order valence-electron chi connectivity index (χ1n) is 6.26. The number of rotatable bonds is 4. The number of anilines is 1. The molecule has 0 spiro atoms. The summed E-state index contributed by atoms with van der Waals surface area (Å²) in [5, 5.41) is 2.55. The van der Waals surface area contributed by atoms with Crippen molar-refractivity contribution in [3.8, 4) is 0 Å². The van der Waals surface area contributed by atoms with Gasteiger partial charge in [0.1, 0.15) is 28.8 Å².